The van der Waals surface area contributed by atoms with Crippen molar-refractivity contribution in [2.75, 3.05) is 0 Å². The Kier molecular flexibility index (Phi) is 7.47. The van der Waals surface area contributed by atoms with Crippen LogP contribution >= 0.6 is 0 Å². The van der Waals surface area contributed by atoms with Crippen LogP contribution in [0.4, 0.5) is 0 Å². The minimum Gasteiger partial charge on any atom is -0.734 e. The van der Waals surface area contributed by atoms with E-state index >= 15 is 0 Å². The molecule has 0 saturated heterocycles. The molecule has 0 aromatic rings. The molecule has 194 valence electrons. The van der Waals surface area contributed by atoms with Gasteiger partial charge in [0.05, 0.1) is 0 Å². The zero-order valence-corrected chi connectivity index (χ0v) is 22.4. The minimum atomic E-state index is -0.264. The van der Waals surface area contributed by atoms with Gasteiger partial charge in [0.1, 0.15) is 6.10 Å². The predicted molar refractivity (Wildman–Crippen MR) is 135 cm³/mol. The van der Waals surface area contributed by atoms with Gasteiger partial charge >= 0.3 is 5.97 Å². The Morgan fingerprint density at radius 1 is 1.09 bits per heavy atom. The highest BCUT2D eigenvalue weighted by molar-refractivity contribution is 5.66. The van der Waals surface area contributed by atoms with E-state index in [1.165, 1.54) is 51.9 Å². The molecule has 4 aliphatic carbocycles. The molecule has 3 saturated carbocycles. The SMILES string of the molecule is CC(=O)O[C@H]1CC[C@@]2(C)C(=C(N([O-])O)C[C@H]3[C@H]2CC[C@@]2(C)[C@H]3CC[C@H]2[C@H](C)CCCC(C)C)C1. The van der Waals surface area contributed by atoms with Crippen LogP contribution in [-0.4, -0.2) is 22.5 Å². The van der Waals surface area contributed by atoms with Gasteiger partial charge in [-0.1, -0.05) is 53.9 Å². The smallest absolute Gasteiger partial charge is 0.302 e. The summed E-state index contributed by atoms with van der Waals surface area (Å²) in [6.07, 6.45) is 11.9. The van der Waals surface area contributed by atoms with Crippen LogP contribution in [0.1, 0.15) is 112 Å². The maximum absolute atomic E-state index is 12.4. The van der Waals surface area contributed by atoms with E-state index in [0.717, 1.165) is 36.2 Å². The number of carbonyl (C=O) groups excluding carboxylic acids is 1. The summed E-state index contributed by atoms with van der Waals surface area (Å²) in [7, 11) is 0. The Hall–Kier alpha value is -1.07. The van der Waals surface area contributed by atoms with Crippen LogP contribution in [0, 0.1) is 51.5 Å². The van der Waals surface area contributed by atoms with Crippen molar-refractivity contribution in [1.82, 2.24) is 5.23 Å². The van der Waals surface area contributed by atoms with Crippen molar-refractivity contribution in [2.45, 2.75) is 118 Å². The highest BCUT2D eigenvalue weighted by Crippen LogP contribution is 2.68. The maximum atomic E-state index is 12.4. The summed E-state index contributed by atoms with van der Waals surface area (Å²) >= 11 is 0. The van der Waals surface area contributed by atoms with Gasteiger partial charge < -0.3 is 15.2 Å². The summed E-state index contributed by atoms with van der Waals surface area (Å²) in [6, 6.07) is 0. The molecule has 4 aliphatic rings. The Morgan fingerprint density at radius 3 is 2.47 bits per heavy atom. The molecule has 0 aromatic carbocycles. The number of ether oxygens (including phenoxy) is 1. The lowest BCUT2D eigenvalue weighted by Crippen LogP contribution is -2.52. The number of rotatable bonds is 7. The highest BCUT2D eigenvalue weighted by Gasteiger charge is 2.60. The number of carbonyl (C=O) groups is 1. The van der Waals surface area contributed by atoms with Crippen molar-refractivity contribution in [1.29, 1.82) is 0 Å². The molecular formula is C29H48NO4-. The number of allylic oxidation sites excluding steroid dienone is 1. The molecule has 0 bridgehead atoms. The van der Waals surface area contributed by atoms with Crippen LogP contribution in [-0.2, 0) is 9.53 Å². The Morgan fingerprint density at radius 2 is 1.82 bits per heavy atom. The van der Waals surface area contributed by atoms with E-state index < -0.39 is 0 Å². The van der Waals surface area contributed by atoms with E-state index in [0.29, 0.717) is 41.7 Å². The average Bonchev–Trinajstić information content (AvgIpc) is 3.10. The third kappa shape index (κ3) is 4.56. The van der Waals surface area contributed by atoms with Gasteiger partial charge in [0, 0.05) is 19.0 Å². The van der Waals surface area contributed by atoms with E-state index in [1.807, 2.05) is 0 Å². The zero-order valence-electron chi connectivity index (χ0n) is 22.4. The van der Waals surface area contributed by atoms with E-state index in [-0.39, 0.29) is 22.7 Å². The van der Waals surface area contributed by atoms with Crippen molar-refractivity contribution in [3.8, 4) is 0 Å². The summed E-state index contributed by atoms with van der Waals surface area (Å²) in [5, 5.41) is 22.8. The average molecular weight is 475 g/mol. The van der Waals surface area contributed by atoms with E-state index in [9.17, 15) is 15.2 Å². The molecule has 0 aliphatic heterocycles. The van der Waals surface area contributed by atoms with Gasteiger partial charge in [-0.15, -0.1) is 0 Å². The molecule has 5 heteroatoms. The van der Waals surface area contributed by atoms with Gasteiger partial charge in [0.2, 0.25) is 0 Å². The van der Waals surface area contributed by atoms with Crippen molar-refractivity contribution in [3.63, 3.8) is 0 Å². The highest BCUT2D eigenvalue weighted by atomic mass is 16.8. The summed E-state index contributed by atoms with van der Waals surface area (Å²) in [4.78, 5) is 11.6. The van der Waals surface area contributed by atoms with Gasteiger partial charge in [-0.05, 0) is 96.9 Å². The second-order valence-corrected chi connectivity index (χ2v) is 13.2. The summed E-state index contributed by atoms with van der Waals surface area (Å²) in [5.74, 6) is 3.68. The molecule has 0 radical (unpaired) electrons. The largest absolute Gasteiger partial charge is 0.734 e. The quantitative estimate of drug-likeness (QED) is 0.306. The lowest BCUT2D eigenvalue weighted by Gasteiger charge is -2.60. The minimum absolute atomic E-state index is 0.0808. The molecule has 5 nitrogen and oxygen atoms in total. The van der Waals surface area contributed by atoms with Crippen LogP contribution in [0.15, 0.2) is 11.3 Å². The van der Waals surface area contributed by atoms with Gasteiger partial charge in [0.15, 0.2) is 0 Å². The third-order valence-corrected chi connectivity index (χ3v) is 10.9. The van der Waals surface area contributed by atoms with Crippen molar-refractivity contribution >= 4 is 5.97 Å². The van der Waals surface area contributed by atoms with Crippen LogP contribution in [0.25, 0.3) is 0 Å². The Labute approximate surface area is 207 Å². The first-order chi connectivity index (χ1) is 16.0. The van der Waals surface area contributed by atoms with E-state index in [1.54, 1.807) is 0 Å². The molecule has 1 N–H and O–H groups in total. The molecular weight excluding hydrogens is 426 g/mol. The molecule has 3 fully saturated rings. The van der Waals surface area contributed by atoms with E-state index in [2.05, 4.69) is 34.6 Å². The molecule has 34 heavy (non-hydrogen) atoms. The summed E-state index contributed by atoms with van der Waals surface area (Å²) in [5.41, 5.74) is 1.89. The van der Waals surface area contributed by atoms with Gasteiger partial charge in [-0.3, -0.25) is 10.0 Å². The lowest BCUT2D eigenvalue weighted by atomic mass is 9.46. The fourth-order valence-corrected chi connectivity index (χ4v) is 9.29. The van der Waals surface area contributed by atoms with E-state index in [4.69, 9.17) is 4.74 Å². The van der Waals surface area contributed by atoms with Crippen LogP contribution in [0.2, 0.25) is 0 Å². The van der Waals surface area contributed by atoms with Gasteiger partial charge in [-0.25, -0.2) is 0 Å². The maximum Gasteiger partial charge on any atom is 0.302 e. The van der Waals surface area contributed by atoms with Crippen molar-refractivity contribution in [2.24, 2.45) is 46.3 Å². The summed E-state index contributed by atoms with van der Waals surface area (Å²) < 4.78 is 5.55. The standard InChI is InChI=1S/C29H48NO4/c1-18(2)8-7-9-19(3)23-10-11-24-22-17-27(30(32)33)26-16-21(34-20(4)31)12-14-29(26,6)25(22)13-15-28(23,24)5/h18-19,21-25,32H,7-17H2,1-6H3/q-1/t19-,21+,22-,23+,24+,25-,28-,29-/m1/s1. The molecule has 4 rings (SSSR count). The first-order valence-electron chi connectivity index (χ1n) is 14.0. The second kappa shape index (κ2) is 9.76. The first-order valence-corrected chi connectivity index (χ1v) is 14.0. The second-order valence-electron chi connectivity index (χ2n) is 13.2. The third-order valence-electron chi connectivity index (χ3n) is 10.9. The molecule has 0 aromatic heterocycles. The topological polar surface area (TPSA) is 72.8 Å². The number of hydrogen-bond acceptors (Lipinski definition) is 5. The number of nitrogens with zero attached hydrogens (tertiary/aromatic N) is 1. The van der Waals surface area contributed by atoms with Gasteiger partial charge in [-0.2, -0.15) is 0 Å². The van der Waals surface area contributed by atoms with Crippen molar-refractivity contribution in [3.05, 3.63) is 16.5 Å². The summed E-state index contributed by atoms with van der Waals surface area (Å²) in [6.45, 7) is 13.5. The van der Waals surface area contributed by atoms with Gasteiger partial charge in [0.25, 0.3) is 0 Å². The van der Waals surface area contributed by atoms with Crippen LogP contribution in [0.5, 0.6) is 0 Å². The molecule has 0 heterocycles. The zero-order chi connectivity index (χ0) is 24.8. The number of fused-ring (bicyclic) bond motifs is 5. The molecule has 8 atom stereocenters. The lowest BCUT2D eigenvalue weighted by molar-refractivity contribution is -0.149. The van der Waals surface area contributed by atoms with Crippen LogP contribution < -0.4 is 0 Å². The first kappa shape index (κ1) is 26.0. The number of hydroxylamine groups is 2. The number of hydrogen-bond donors (Lipinski definition) is 1. The monoisotopic (exact) mass is 474 g/mol. The normalized spacial score (nSPS) is 40.4. The van der Waals surface area contributed by atoms with Crippen LogP contribution in [0.3, 0.4) is 0 Å². The molecule has 0 amide bonds. The molecule has 0 spiro atoms. The fourth-order valence-electron chi connectivity index (χ4n) is 9.29. The Bertz CT molecular complexity index is 791. The Balaban J connectivity index is 1.57. The number of esters is 1. The van der Waals surface area contributed by atoms with Crippen molar-refractivity contribution < 1.29 is 14.7 Å². The molecule has 0 unspecified atom stereocenters. The fraction of sp³-hybridized carbons (Fsp3) is 0.897. The predicted octanol–water partition coefficient (Wildman–Crippen LogP) is 7.48.